The summed E-state index contributed by atoms with van der Waals surface area (Å²) in [4.78, 5) is 0. The van der Waals surface area contributed by atoms with E-state index in [0.717, 1.165) is 6.54 Å². The third-order valence-electron chi connectivity index (χ3n) is 2.64. The van der Waals surface area contributed by atoms with Gasteiger partial charge < -0.3 is 5.43 Å². The number of rotatable bonds is 1. The van der Waals surface area contributed by atoms with Crippen LogP contribution in [0.5, 0.6) is 0 Å². The molecule has 13 heavy (non-hydrogen) atoms. The molecule has 1 aliphatic heterocycles. The summed E-state index contributed by atoms with van der Waals surface area (Å²) in [7, 11) is 0. The first-order valence-electron chi connectivity index (χ1n) is 4.81. The molecule has 0 aliphatic carbocycles. The zero-order chi connectivity index (χ0) is 9.42. The molecule has 1 aromatic rings. The van der Waals surface area contributed by atoms with Crippen LogP contribution in [0.2, 0.25) is 0 Å². The standard InChI is InChI=1S/C11H16N2/c1-7(2)11-8(3)4-5-10-9(11)6-12-13-10/h4-5,7,12-13H,6H2,1-3H3. The van der Waals surface area contributed by atoms with E-state index in [1.165, 1.54) is 22.4 Å². The van der Waals surface area contributed by atoms with Crippen LogP contribution in [0.25, 0.3) is 0 Å². The first kappa shape index (κ1) is 8.57. The summed E-state index contributed by atoms with van der Waals surface area (Å²) >= 11 is 0. The first-order chi connectivity index (χ1) is 6.20. The highest BCUT2D eigenvalue weighted by Crippen LogP contribution is 2.31. The van der Waals surface area contributed by atoms with E-state index in [1.807, 2.05) is 0 Å². The number of fused-ring (bicyclic) bond motifs is 1. The van der Waals surface area contributed by atoms with E-state index in [0.29, 0.717) is 5.92 Å². The van der Waals surface area contributed by atoms with Gasteiger partial charge in [0.2, 0.25) is 0 Å². The molecule has 0 saturated carbocycles. The Labute approximate surface area is 79.3 Å². The van der Waals surface area contributed by atoms with Crippen molar-refractivity contribution in [3.05, 3.63) is 28.8 Å². The zero-order valence-corrected chi connectivity index (χ0v) is 8.44. The smallest absolute Gasteiger partial charge is 0.0536 e. The van der Waals surface area contributed by atoms with Crippen molar-refractivity contribution in [3.8, 4) is 0 Å². The van der Waals surface area contributed by atoms with Gasteiger partial charge in [0, 0.05) is 6.54 Å². The lowest BCUT2D eigenvalue weighted by atomic mass is 9.92. The molecule has 2 N–H and O–H groups in total. The maximum atomic E-state index is 3.17. The van der Waals surface area contributed by atoms with E-state index in [-0.39, 0.29) is 0 Å². The molecule has 1 aliphatic rings. The van der Waals surface area contributed by atoms with Crippen LogP contribution in [0.15, 0.2) is 12.1 Å². The Balaban J connectivity index is 2.58. The second-order valence-corrected chi connectivity index (χ2v) is 3.96. The number of nitrogens with one attached hydrogen (secondary N) is 2. The Morgan fingerprint density at radius 1 is 1.31 bits per heavy atom. The minimum atomic E-state index is 0.608. The Bertz CT molecular complexity index is 329. The lowest BCUT2D eigenvalue weighted by Gasteiger charge is -2.13. The lowest BCUT2D eigenvalue weighted by Crippen LogP contribution is -2.11. The van der Waals surface area contributed by atoms with Crippen LogP contribution in [-0.4, -0.2) is 0 Å². The van der Waals surface area contributed by atoms with Gasteiger partial charge in [-0.05, 0) is 35.6 Å². The van der Waals surface area contributed by atoms with Crippen LogP contribution in [0.1, 0.15) is 36.5 Å². The number of aryl methyl sites for hydroxylation is 1. The van der Waals surface area contributed by atoms with Crippen LogP contribution in [0.3, 0.4) is 0 Å². The molecule has 0 spiro atoms. The van der Waals surface area contributed by atoms with E-state index in [9.17, 15) is 0 Å². The molecule has 0 atom stereocenters. The van der Waals surface area contributed by atoms with Gasteiger partial charge in [0.25, 0.3) is 0 Å². The largest absolute Gasteiger partial charge is 0.321 e. The summed E-state index contributed by atoms with van der Waals surface area (Å²) in [5, 5.41) is 0. The Hall–Kier alpha value is -1.02. The number of hydrazine groups is 1. The van der Waals surface area contributed by atoms with Gasteiger partial charge in [0.15, 0.2) is 0 Å². The van der Waals surface area contributed by atoms with E-state index < -0.39 is 0 Å². The van der Waals surface area contributed by atoms with Crippen molar-refractivity contribution in [2.75, 3.05) is 5.43 Å². The predicted octanol–water partition coefficient (Wildman–Crippen LogP) is 2.55. The molecule has 0 aromatic heterocycles. The van der Waals surface area contributed by atoms with Gasteiger partial charge in [-0.25, -0.2) is 5.43 Å². The molecule has 70 valence electrons. The maximum absolute atomic E-state index is 3.17. The van der Waals surface area contributed by atoms with Gasteiger partial charge in [-0.1, -0.05) is 19.9 Å². The van der Waals surface area contributed by atoms with Crippen molar-refractivity contribution in [2.24, 2.45) is 0 Å². The van der Waals surface area contributed by atoms with Crippen LogP contribution in [0, 0.1) is 6.92 Å². The van der Waals surface area contributed by atoms with E-state index in [4.69, 9.17) is 0 Å². The molecule has 2 heteroatoms. The monoisotopic (exact) mass is 176 g/mol. The van der Waals surface area contributed by atoms with Crippen LogP contribution < -0.4 is 10.9 Å². The summed E-state index contributed by atoms with van der Waals surface area (Å²) in [5.74, 6) is 0.608. The van der Waals surface area contributed by atoms with Crippen molar-refractivity contribution in [1.29, 1.82) is 0 Å². The zero-order valence-electron chi connectivity index (χ0n) is 8.44. The highest BCUT2D eigenvalue weighted by atomic mass is 15.4. The second kappa shape index (κ2) is 3.04. The van der Waals surface area contributed by atoms with Crippen molar-refractivity contribution in [2.45, 2.75) is 33.2 Å². The van der Waals surface area contributed by atoms with Gasteiger partial charge in [-0.15, -0.1) is 0 Å². The van der Waals surface area contributed by atoms with Gasteiger partial charge >= 0.3 is 0 Å². The summed E-state index contributed by atoms with van der Waals surface area (Å²) in [6.07, 6.45) is 0. The van der Waals surface area contributed by atoms with Crippen molar-refractivity contribution >= 4 is 5.69 Å². The number of benzene rings is 1. The van der Waals surface area contributed by atoms with E-state index in [1.54, 1.807) is 0 Å². The maximum Gasteiger partial charge on any atom is 0.0536 e. The summed E-state index contributed by atoms with van der Waals surface area (Å²) in [6.45, 7) is 7.64. The van der Waals surface area contributed by atoms with E-state index >= 15 is 0 Å². The minimum absolute atomic E-state index is 0.608. The normalized spacial score (nSPS) is 14.5. The van der Waals surface area contributed by atoms with Gasteiger partial charge in [-0.2, -0.15) is 0 Å². The van der Waals surface area contributed by atoms with Gasteiger partial charge in [0.05, 0.1) is 5.69 Å². The fourth-order valence-corrected chi connectivity index (χ4v) is 2.12. The summed E-state index contributed by atoms with van der Waals surface area (Å²) < 4.78 is 0. The average Bonchev–Trinajstić information content (AvgIpc) is 2.50. The SMILES string of the molecule is Cc1ccc2c(c1C(C)C)CNN2. The third kappa shape index (κ3) is 1.31. The average molecular weight is 176 g/mol. The highest BCUT2D eigenvalue weighted by molar-refractivity contribution is 5.59. The molecule has 1 heterocycles. The summed E-state index contributed by atoms with van der Waals surface area (Å²) in [6, 6.07) is 4.34. The van der Waals surface area contributed by atoms with Crippen LogP contribution in [0.4, 0.5) is 5.69 Å². The Morgan fingerprint density at radius 3 is 2.77 bits per heavy atom. The van der Waals surface area contributed by atoms with E-state index in [2.05, 4.69) is 43.8 Å². The molecule has 0 fully saturated rings. The van der Waals surface area contributed by atoms with Gasteiger partial charge in [0.1, 0.15) is 0 Å². The van der Waals surface area contributed by atoms with Crippen molar-refractivity contribution < 1.29 is 0 Å². The lowest BCUT2D eigenvalue weighted by molar-refractivity contribution is 0.806. The molecule has 0 radical (unpaired) electrons. The van der Waals surface area contributed by atoms with Crippen molar-refractivity contribution in [3.63, 3.8) is 0 Å². The molecular weight excluding hydrogens is 160 g/mol. The Kier molecular flexibility index (Phi) is 2.00. The molecule has 1 aromatic carbocycles. The van der Waals surface area contributed by atoms with Crippen molar-refractivity contribution in [1.82, 2.24) is 5.43 Å². The Morgan fingerprint density at radius 2 is 2.08 bits per heavy atom. The second-order valence-electron chi connectivity index (χ2n) is 3.96. The highest BCUT2D eigenvalue weighted by Gasteiger charge is 2.17. The molecule has 2 nitrogen and oxygen atoms in total. The fourth-order valence-electron chi connectivity index (χ4n) is 2.12. The fraction of sp³-hybridized carbons (Fsp3) is 0.455. The molecule has 0 unspecified atom stereocenters. The predicted molar refractivity (Wildman–Crippen MR) is 55.7 cm³/mol. The summed E-state index contributed by atoms with van der Waals surface area (Å²) in [5.41, 5.74) is 11.9. The number of hydrogen-bond acceptors (Lipinski definition) is 2. The van der Waals surface area contributed by atoms with Crippen LogP contribution >= 0.6 is 0 Å². The first-order valence-corrected chi connectivity index (χ1v) is 4.81. The van der Waals surface area contributed by atoms with Gasteiger partial charge in [-0.3, -0.25) is 0 Å². The quantitative estimate of drug-likeness (QED) is 0.687. The third-order valence-corrected chi connectivity index (χ3v) is 2.64. The molecular formula is C11H16N2. The number of anilines is 1. The van der Waals surface area contributed by atoms with Crippen LogP contribution in [-0.2, 0) is 6.54 Å². The molecule has 0 bridgehead atoms. The molecule has 2 rings (SSSR count). The molecule has 0 saturated heterocycles. The number of hydrogen-bond donors (Lipinski definition) is 2. The molecule has 0 amide bonds. The topological polar surface area (TPSA) is 24.1 Å². The minimum Gasteiger partial charge on any atom is -0.321 e.